The minimum atomic E-state index is -0.365. The number of hydrogen-bond donors (Lipinski definition) is 1. The number of para-hydroxylation sites is 1. The Labute approximate surface area is 104 Å². The lowest BCUT2D eigenvalue weighted by molar-refractivity contribution is 0.0522. The minimum absolute atomic E-state index is 0.354. The highest BCUT2D eigenvalue weighted by Crippen LogP contribution is 2.22. The van der Waals surface area contributed by atoms with Crippen molar-refractivity contribution in [3.8, 4) is 0 Å². The van der Waals surface area contributed by atoms with Gasteiger partial charge in [0.1, 0.15) is 5.52 Å². The van der Waals surface area contributed by atoms with Gasteiger partial charge in [-0.05, 0) is 19.1 Å². The topological polar surface area (TPSA) is 55.0 Å². The molecule has 0 aliphatic rings. The van der Waals surface area contributed by atoms with Crippen molar-refractivity contribution < 1.29 is 9.53 Å². The van der Waals surface area contributed by atoms with Crippen LogP contribution in [-0.4, -0.2) is 22.5 Å². The Morgan fingerprint density at radius 3 is 3.00 bits per heavy atom. The normalized spacial score (nSPS) is 10.9. The van der Waals surface area contributed by atoms with Crippen LogP contribution in [0.3, 0.4) is 0 Å². The van der Waals surface area contributed by atoms with E-state index in [4.69, 9.17) is 4.74 Å². The van der Waals surface area contributed by atoms with Gasteiger partial charge in [0.25, 0.3) is 0 Å². The zero-order valence-electron chi connectivity index (χ0n) is 9.93. The Hall–Kier alpha value is -2.36. The van der Waals surface area contributed by atoms with Crippen LogP contribution < -0.4 is 0 Å². The molecule has 0 aliphatic heterocycles. The highest BCUT2D eigenvalue weighted by atomic mass is 16.5. The fourth-order valence-electron chi connectivity index (χ4n) is 2.02. The van der Waals surface area contributed by atoms with E-state index in [2.05, 4.69) is 9.97 Å². The van der Waals surface area contributed by atoms with E-state index < -0.39 is 0 Å². The third-order valence-corrected chi connectivity index (χ3v) is 2.84. The largest absolute Gasteiger partial charge is 0.461 e. The number of fused-ring (bicyclic) bond motifs is 2. The van der Waals surface area contributed by atoms with Gasteiger partial charge in [-0.3, -0.25) is 0 Å². The van der Waals surface area contributed by atoms with Crippen LogP contribution in [0.5, 0.6) is 0 Å². The Bertz CT molecular complexity index is 731. The SMILES string of the molecule is CCOC(=O)c1[nH]cc2cc3ccccc3nc12. The van der Waals surface area contributed by atoms with Crippen molar-refractivity contribution in [2.24, 2.45) is 0 Å². The van der Waals surface area contributed by atoms with E-state index in [1.807, 2.05) is 30.3 Å². The standard InChI is InChI=1S/C14H12N2O2/c1-2-18-14(17)13-12-10(8-15-13)7-9-5-3-4-6-11(9)16-12/h3-8,15H,2H2,1H3. The highest BCUT2D eigenvalue weighted by molar-refractivity contribution is 6.04. The number of esters is 1. The summed E-state index contributed by atoms with van der Waals surface area (Å²) in [5.74, 6) is -0.365. The van der Waals surface area contributed by atoms with E-state index in [9.17, 15) is 4.79 Å². The number of carbonyl (C=O) groups excluding carboxylic acids is 1. The van der Waals surface area contributed by atoms with Gasteiger partial charge in [-0.15, -0.1) is 0 Å². The molecule has 90 valence electrons. The molecule has 0 saturated carbocycles. The van der Waals surface area contributed by atoms with Crippen molar-refractivity contribution in [3.05, 3.63) is 42.2 Å². The van der Waals surface area contributed by atoms with Gasteiger partial charge in [-0.25, -0.2) is 9.78 Å². The zero-order valence-corrected chi connectivity index (χ0v) is 9.93. The number of hydrogen-bond acceptors (Lipinski definition) is 3. The van der Waals surface area contributed by atoms with Crippen LogP contribution in [0.2, 0.25) is 0 Å². The summed E-state index contributed by atoms with van der Waals surface area (Å²) in [6, 6.07) is 9.83. The van der Waals surface area contributed by atoms with Crippen molar-refractivity contribution in [3.63, 3.8) is 0 Å². The number of rotatable bonds is 2. The first-order valence-electron chi connectivity index (χ1n) is 5.83. The number of pyridine rings is 1. The van der Waals surface area contributed by atoms with Gasteiger partial charge in [0.2, 0.25) is 0 Å². The summed E-state index contributed by atoms with van der Waals surface area (Å²) in [5, 5.41) is 1.97. The summed E-state index contributed by atoms with van der Waals surface area (Å²) in [7, 11) is 0. The third-order valence-electron chi connectivity index (χ3n) is 2.84. The van der Waals surface area contributed by atoms with E-state index >= 15 is 0 Å². The molecule has 4 nitrogen and oxygen atoms in total. The van der Waals surface area contributed by atoms with Gasteiger partial charge in [-0.2, -0.15) is 0 Å². The first-order valence-corrected chi connectivity index (χ1v) is 5.83. The van der Waals surface area contributed by atoms with Crippen LogP contribution in [0, 0.1) is 0 Å². The van der Waals surface area contributed by atoms with E-state index in [1.54, 1.807) is 13.1 Å². The molecule has 0 unspecified atom stereocenters. The molecular formula is C14H12N2O2. The van der Waals surface area contributed by atoms with Crippen molar-refractivity contribution in [2.75, 3.05) is 6.61 Å². The van der Waals surface area contributed by atoms with Crippen molar-refractivity contribution in [1.82, 2.24) is 9.97 Å². The molecule has 0 amide bonds. The Balaban J connectivity index is 2.23. The molecule has 0 saturated heterocycles. The maximum Gasteiger partial charge on any atom is 0.357 e. The Morgan fingerprint density at radius 2 is 2.17 bits per heavy atom. The molecule has 3 rings (SSSR count). The second-order valence-electron chi connectivity index (χ2n) is 4.00. The molecule has 2 aromatic heterocycles. The fourth-order valence-corrected chi connectivity index (χ4v) is 2.02. The van der Waals surface area contributed by atoms with Crippen LogP contribution in [0.15, 0.2) is 36.5 Å². The highest BCUT2D eigenvalue weighted by Gasteiger charge is 2.14. The lowest BCUT2D eigenvalue weighted by Gasteiger charge is -2.00. The molecule has 0 fully saturated rings. The Kier molecular flexibility index (Phi) is 2.48. The number of aromatic amines is 1. The van der Waals surface area contributed by atoms with Gasteiger partial charge in [0.05, 0.1) is 12.1 Å². The molecule has 1 aromatic carbocycles. The molecule has 1 N–H and O–H groups in total. The minimum Gasteiger partial charge on any atom is -0.461 e. The lowest BCUT2D eigenvalue weighted by atomic mass is 10.2. The molecule has 0 spiro atoms. The number of ether oxygens (including phenoxy) is 1. The maximum absolute atomic E-state index is 11.8. The molecule has 18 heavy (non-hydrogen) atoms. The summed E-state index contributed by atoms with van der Waals surface area (Å²) >= 11 is 0. The summed E-state index contributed by atoms with van der Waals surface area (Å²) in [6.07, 6.45) is 1.78. The van der Waals surface area contributed by atoms with Crippen LogP contribution in [0.1, 0.15) is 17.4 Å². The monoisotopic (exact) mass is 240 g/mol. The molecule has 0 aliphatic carbocycles. The summed E-state index contributed by atoms with van der Waals surface area (Å²) in [5.41, 5.74) is 1.94. The fraction of sp³-hybridized carbons (Fsp3) is 0.143. The van der Waals surface area contributed by atoms with E-state index in [0.717, 1.165) is 16.3 Å². The van der Waals surface area contributed by atoms with Gasteiger partial charge >= 0.3 is 5.97 Å². The average Bonchev–Trinajstić information content (AvgIpc) is 2.79. The first-order chi connectivity index (χ1) is 8.79. The second kappa shape index (κ2) is 4.14. The summed E-state index contributed by atoms with van der Waals surface area (Å²) < 4.78 is 5.00. The molecule has 4 heteroatoms. The molecule has 3 aromatic rings. The Morgan fingerprint density at radius 1 is 1.33 bits per heavy atom. The number of H-pyrrole nitrogens is 1. The predicted octanol–water partition coefficient (Wildman–Crippen LogP) is 2.89. The molecule has 0 radical (unpaired) electrons. The lowest BCUT2D eigenvalue weighted by Crippen LogP contribution is -2.05. The first kappa shape index (κ1) is 10.8. The van der Waals surface area contributed by atoms with Crippen molar-refractivity contribution in [2.45, 2.75) is 6.92 Å². The quantitative estimate of drug-likeness (QED) is 0.701. The van der Waals surface area contributed by atoms with Gasteiger partial charge in [-0.1, -0.05) is 18.2 Å². The zero-order chi connectivity index (χ0) is 12.5. The van der Waals surface area contributed by atoms with Crippen molar-refractivity contribution in [1.29, 1.82) is 0 Å². The third kappa shape index (κ3) is 1.62. The maximum atomic E-state index is 11.8. The van der Waals surface area contributed by atoms with Crippen LogP contribution >= 0.6 is 0 Å². The van der Waals surface area contributed by atoms with Crippen LogP contribution in [-0.2, 0) is 4.74 Å². The molecule has 2 heterocycles. The van der Waals surface area contributed by atoms with Gasteiger partial charge in [0.15, 0.2) is 5.69 Å². The number of aromatic nitrogens is 2. The number of nitrogens with zero attached hydrogens (tertiary/aromatic N) is 1. The number of benzene rings is 1. The van der Waals surface area contributed by atoms with E-state index in [1.165, 1.54) is 0 Å². The van der Waals surface area contributed by atoms with E-state index in [0.29, 0.717) is 17.8 Å². The van der Waals surface area contributed by atoms with Crippen LogP contribution in [0.4, 0.5) is 0 Å². The average molecular weight is 240 g/mol. The smallest absolute Gasteiger partial charge is 0.357 e. The number of nitrogens with one attached hydrogen (secondary N) is 1. The summed E-state index contributed by atoms with van der Waals surface area (Å²) in [6.45, 7) is 2.14. The predicted molar refractivity (Wildman–Crippen MR) is 69.6 cm³/mol. The van der Waals surface area contributed by atoms with Crippen molar-refractivity contribution >= 4 is 27.8 Å². The second-order valence-corrected chi connectivity index (χ2v) is 4.00. The molecule has 0 atom stereocenters. The van der Waals surface area contributed by atoms with Gasteiger partial charge in [0, 0.05) is 17.0 Å². The van der Waals surface area contributed by atoms with Gasteiger partial charge < -0.3 is 9.72 Å². The summed E-state index contributed by atoms with van der Waals surface area (Å²) in [4.78, 5) is 19.2. The molecule has 0 bridgehead atoms. The number of carbonyl (C=O) groups is 1. The van der Waals surface area contributed by atoms with Crippen LogP contribution in [0.25, 0.3) is 21.8 Å². The van der Waals surface area contributed by atoms with E-state index in [-0.39, 0.29) is 5.97 Å². The molecular weight excluding hydrogens is 228 g/mol.